The normalized spacial score (nSPS) is 23.5. The Morgan fingerprint density at radius 3 is 2.33 bits per heavy atom. The molecule has 5 heteroatoms. The van der Waals surface area contributed by atoms with Crippen molar-refractivity contribution in [3.8, 4) is 0 Å². The minimum atomic E-state index is -1.03. The topological polar surface area (TPSA) is 59.0 Å². The van der Waals surface area contributed by atoms with Crippen molar-refractivity contribution < 1.29 is 19.4 Å². The van der Waals surface area contributed by atoms with Gasteiger partial charge in [-0.2, -0.15) is 0 Å². The van der Waals surface area contributed by atoms with Gasteiger partial charge in [0.1, 0.15) is 0 Å². The highest BCUT2D eigenvalue weighted by Gasteiger charge is 2.38. The van der Waals surface area contributed by atoms with E-state index in [0.717, 1.165) is 4.90 Å². The molecule has 12 heavy (non-hydrogen) atoms. The van der Waals surface area contributed by atoms with Gasteiger partial charge in [0.25, 0.3) is 5.91 Å². The molecule has 0 bridgehead atoms. The Hall–Kier alpha value is -1.23. The van der Waals surface area contributed by atoms with Crippen LogP contribution < -0.4 is 0 Å². The van der Waals surface area contributed by atoms with Crippen molar-refractivity contribution in [2.24, 2.45) is 0 Å². The summed E-state index contributed by atoms with van der Waals surface area (Å²) in [5.41, 5.74) is 0. The lowest BCUT2D eigenvalue weighted by Gasteiger charge is -2.14. The van der Waals surface area contributed by atoms with Gasteiger partial charge in [0.2, 0.25) is 5.76 Å². The van der Waals surface area contributed by atoms with Crippen molar-refractivity contribution in [3.05, 3.63) is 11.5 Å². The number of hydrogen-bond donors (Lipinski definition) is 1. The molecule has 1 amide bonds. The molecule has 0 aromatic rings. The third-order valence-electron chi connectivity index (χ3n) is 1.76. The third-order valence-corrected chi connectivity index (χ3v) is 1.76. The van der Waals surface area contributed by atoms with Crippen molar-refractivity contribution in [2.45, 2.75) is 6.23 Å². The van der Waals surface area contributed by atoms with Gasteiger partial charge in [-0.25, -0.2) is 0 Å². The van der Waals surface area contributed by atoms with Crippen molar-refractivity contribution in [1.29, 1.82) is 0 Å². The zero-order valence-corrected chi connectivity index (χ0v) is 7.20. The minimum Gasteiger partial charge on any atom is -0.493 e. The molecule has 0 aromatic carbocycles. The highest BCUT2D eigenvalue weighted by atomic mass is 16.5. The van der Waals surface area contributed by atoms with Crippen LogP contribution >= 0.6 is 0 Å². The average Bonchev–Trinajstić information content (AvgIpc) is 2.29. The molecule has 1 heterocycles. The zero-order valence-electron chi connectivity index (χ0n) is 7.20. The van der Waals surface area contributed by atoms with Crippen molar-refractivity contribution in [3.63, 3.8) is 0 Å². The lowest BCUT2D eigenvalue weighted by molar-refractivity contribution is -0.132. The standard InChI is InChI=1S/C7H11NO4/c1-8-6(9)4(11-2)5(12-3)7(8)10/h6,9H,1-3H3. The quantitative estimate of drug-likeness (QED) is 0.598. The molecule has 1 N–H and O–H groups in total. The van der Waals surface area contributed by atoms with Gasteiger partial charge in [-0.15, -0.1) is 0 Å². The van der Waals surface area contributed by atoms with Crippen LogP contribution in [0.2, 0.25) is 0 Å². The number of likely N-dealkylation sites (N-methyl/N-ethyl adjacent to an activating group) is 1. The fourth-order valence-corrected chi connectivity index (χ4v) is 1.06. The Morgan fingerprint density at radius 2 is 2.00 bits per heavy atom. The Kier molecular flexibility index (Phi) is 2.23. The number of hydrogen-bond acceptors (Lipinski definition) is 4. The average molecular weight is 173 g/mol. The van der Waals surface area contributed by atoms with Crippen LogP contribution in [0.4, 0.5) is 0 Å². The number of methoxy groups -OCH3 is 2. The maximum Gasteiger partial charge on any atom is 0.294 e. The summed E-state index contributed by atoms with van der Waals surface area (Å²) in [6.45, 7) is 0. The second-order valence-corrected chi connectivity index (χ2v) is 2.39. The molecule has 0 aliphatic carbocycles. The van der Waals surface area contributed by atoms with E-state index in [1.54, 1.807) is 0 Å². The molecule has 0 aromatic heterocycles. The van der Waals surface area contributed by atoms with E-state index in [-0.39, 0.29) is 17.4 Å². The number of ether oxygens (including phenoxy) is 2. The van der Waals surface area contributed by atoms with Gasteiger partial charge in [-0.1, -0.05) is 0 Å². The molecule has 1 rings (SSSR count). The highest BCUT2D eigenvalue weighted by molar-refractivity contribution is 5.94. The van der Waals surface area contributed by atoms with E-state index in [2.05, 4.69) is 0 Å². The van der Waals surface area contributed by atoms with E-state index in [4.69, 9.17) is 9.47 Å². The van der Waals surface area contributed by atoms with Gasteiger partial charge in [-0.05, 0) is 0 Å². The molecule has 68 valence electrons. The first-order valence-electron chi connectivity index (χ1n) is 3.40. The second kappa shape index (κ2) is 3.02. The van der Waals surface area contributed by atoms with Crippen LogP contribution in [-0.4, -0.2) is 43.4 Å². The molecule has 0 spiro atoms. The first-order valence-corrected chi connectivity index (χ1v) is 3.40. The van der Waals surface area contributed by atoms with Gasteiger partial charge in [-0.3, -0.25) is 4.79 Å². The summed E-state index contributed by atoms with van der Waals surface area (Å²) in [6.07, 6.45) is -1.03. The Balaban J connectivity index is 3.01. The first-order chi connectivity index (χ1) is 5.63. The lowest BCUT2D eigenvalue weighted by Crippen LogP contribution is -2.31. The third kappa shape index (κ3) is 1.02. The molecule has 0 radical (unpaired) electrons. The molecule has 1 aliphatic heterocycles. The van der Waals surface area contributed by atoms with Gasteiger partial charge >= 0.3 is 0 Å². The number of aliphatic hydroxyl groups excluding tert-OH is 1. The minimum absolute atomic E-state index is 0.0625. The molecule has 1 atom stereocenters. The van der Waals surface area contributed by atoms with Crippen molar-refractivity contribution >= 4 is 5.91 Å². The molecule has 5 nitrogen and oxygen atoms in total. The fourth-order valence-electron chi connectivity index (χ4n) is 1.06. The summed E-state index contributed by atoms with van der Waals surface area (Å²) in [6, 6.07) is 0. The van der Waals surface area contributed by atoms with Gasteiger partial charge < -0.3 is 19.5 Å². The maximum atomic E-state index is 11.2. The summed E-state index contributed by atoms with van der Waals surface area (Å²) in [4.78, 5) is 12.4. The Bertz CT molecular complexity index is 236. The molecule has 0 fully saturated rings. The van der Waals surface area contributed by atoms with Crippen LogP contribution in [0.25, 0.3) is 0 Å². The van der Waals surface area contributed by atoms with Crippen LogP contribution in [-0.2, 0) is 14.3 Å². The predicted molar refractivity (Wildman–Crippen MR) is 39.8 cm³/mol. The number of amides is 1. The van der Waals surface area contributed by atoms with Gasteiger partial charge in [0.05, 0.1) is 14.2 Å². The van der Waals surface area contributed by atoms with Crippen LogP contribution in [0.1, 0.15) is 0 Å². The Morgan fingerprint density at radius 1 is 1.42 bits per heavy atom. The second-order valence-electron chi connectivity index (χ2n) is 2.39. The van der Waals surface area contributed by atoms with Crippen LogP contribution in [0.5, 0.6) is 0 Å². The van der Waals surface area contributed by atoms with Gasteiger partial charge in [0, 0.05) is 7.05 Å². The van der Waals surface area contributed by atoms with E-state index in [1.807, 2.05) is 0 Å². The van der Waals surface area contributed by atoms with Crippen LogP contribution in [0, 0.1) is 0 Å². The zero-order chi connectivity index (χ0) is 9.30. The molecule has 1 aliphatic rings. The van der Waals surface area contributed by atoms with Crippen LogP contribution in [0.15, 0.2) is 11.5 Å². The van der Waals surface area contributed by atoms with Crippen LogP contribution in [0.3, 0.4) is 0 Å². The number of rotatable bonds is 2. The van der Waals surface area contributed by atoms with Crippen molar-refractivity contribution in [1.82, 2.24) is 4.90 Å². The summed E-state index contributed by atoms with van der Waals surface area (Å²) < 4.78 is 9.58. The summed E-state index contributed by atoms with van der Waals surface area (Å²) in [5.74, 6) is -0.153. The number of carbonyl (C=O) groups is 1. The highest BCUT2D eigenvalue weighted by Crippen LogP contribution is 2.23. The fraction of sp³-hybridized carbons (Fsp3) is 0.571. The van der Waals surface area contributed by atoms with E-state index >= 15 is 0 Å². The summed E-state index contributed by atoms with van der Waals surface area (Å²) in [5, 5.41) is 9.37. The summed E-state index contributed by atoms with van der Waals surface area (Å²) >= 11 is 0. The monoisotopic (exact) mass is 173 g/mol. The SMILES string of the molecule is COC1=C(OC)C(O)N(C)C1=O. The van der Waals surface area contributed by atoms with E-state index in [0.29, 0.717) is 0 Å². The van der Waals surface area contributed by atoms with E-state index < -0.39 is 6.23 Å². The smallest absolute Gasteiger partial charge is 0.294 e. The lowest BCUT2D eigenvalue weighted by atomic mass is 10.4. The molecular weight excluding hydrogens is 162 g/mol. The van der Waals surface area contributed by atoms with E-state index in [9.17, 15) is 9.90 Å². The van der Waals surface area contributed by atoms with E-state index in [1.165, 1.54) is 21.3 Å². The number of nitrogens with zero attached hydrogens (tertiary/aromatic N) is 1. The number of carbonyl (C=O) groups excluding carboxylic acids is 1. The number of aliphatic hydroxyl groups is 1. The molecular formula is C7H11NO4. The first kappa shape index (κ1) is 8.86. The largest absolute Gasteiger partial charge is 0.493 e. The molecule has 1 unspecified atom stereocenters. The molecule has 0 saturated carbocycles. The van der Waals surface area contributed by atoms with Gasteiger partial charge in [0.15, 0.2) is 12.0 Å². The van der Waals surface area contributed by atoms with Crippen molar-refractivity contribution in [2.75, 3.05) is 21.3 Å². The molecule has 0 saturated heterocycles. The summed E-state index contributed by atoms with van der Waals surface area (Å²) in [7, 11) is 4.21. The Labute approximate surface area is 70.2 Å². The predicted octanol–water partition coefficient (Wildman–Crippen LogP) is -0.719. The maximum absolute atomic E-state index is 11.2.